The van der Waals surface area contributed by atoms with E-state index in [9.17, 15) is 0 Å². The topological polar surface area (TPSA) is 32.8 Å². The van der Waals surface area contributed by atoms with Crippen molar-refractivity contribution in [2.75, 3.05) is 9.80 Å². The Balaban J connectivity index is 0.867. The van der Waals surface area contributed by atoms with Gasteiger partial charge in [0, 0.05) is 54.9 Å². The first-order valence-corrected chi connectivity index (χ1v) is 34.4. The van der Waals surface area contributed by atoms with Crippen LogP contribution in [0.3, 0.4) is 0 Å². The molecule has 428 valence electrons. The van der Waals surface area contributed by atoms with Crippen molar-refractivity contribution >= 4 is 129 Å². The fraction of sp³-hybridized carbons (Fsp3) is 0.0233. The molecule has 3 heterocycles. The molecule has 0 atom stereocenters. The van der Waals surface area contributed by atoms with E-state index in [4.69, 9.17) is 8.83 Å². The normalized spacial score (nSPS) is 12.6. The monoisotopic (exact) mass is 1180 g/mol. The Hall–Kier alpha value is -11.5. The summed E-state index contributed by atoms with van der Waals surface area (Å²) in [7, 11) is -2.52. The van der Waals surface area contributed by atoms with Crippen molar-refractivity contribution in [2.45, 2.75) is 13.1 Å². The highest BCUT2D eigenvalue weighted by atomic mass is 28.3. The molecule has 0 radical (unpaired) electrons. The highest BCUT2D eigenvalue weighted by molar-refractivity contribution is 7.03. The molecule has 0 amide bonds. The van der Waals surface area contributed by atoms with Crippen LogP contribution in [-0.2, 0) is 0 Å². The highest BCUT2D eigenvalue weighted by Gasteiger charge is 2.38. The van der Waals surface area contributed by atoms with Crippen LogP contribution in [0.15, 0.2) is 324 Å². The van der Waals surface area contributed by atoms with Gasteiger partial charge in [-0.2, -0.15) is 0 Å². The van der Waals surface area contributed by atoms with E-state index < -0.39 is 8.07 Å². The number of anilines is 6. The molecule has 91 heavy (non-hydrogen) atoms. The van der Waals surface area contributed by atoms with Gasteiger partial charge in [0.1, 0.15) is 19.2 Å². The summed E-state index contributed by atoms with van der Waals surface area (Å²) in [5.74, 6) is 0. The molecule has 2 aromatic heterocycles. The van der Waals surface area contributed by atoms with Gasteiger partial charge in [-0.3, -0.25) is 0 Å². The average molecular weight is 1180 g/mol. The van der Waals surface area contributed by atoms with Gasteiger partial charge in [0.2, 0.25) is 0 Å². The van der Waals surface area contributed by atoms with E-state index in [1.165, 1.54) is 48.4 Å². The Bertz CT molecular complexity index is 5750. The van der Waals surface area contributed by atoms with E-state index in [2.05, 4.69) is 338 Å². The molecule has 0 bridgehead atoms. The maximum absolute atomic E-state index is 7.32. The van der Waals surface area contributed by atoms with Crippen LogP contribution in [0.25, 0.3) is 132 Å². The SMILES string of the molecule is C[Si]1(C)c2cc(N(c3ccccc3-c3ccccc3)c3cccc4c3oc3c(-c5ccccc5)cccc34)ccc2-c2cc3c4ccccc4c(N(c4ccccc4-c4ccccc4)c4cccc5c4oc4c(-c6ccccc6)cccc45)cc3c3cccc1c23. The number of furan rings is 2. The predicted molar refractivity (Wildman–Crippen MR) is 387 cm³/mol. The average Bonchev–Trinajstić information content (AvgIpc) is 1.31. The molecule has 0 spiro atoms. The molecule has 18 rings (SSSR count). The number of nitrogens with zero attached hydrogens (tertiary/aromatic N) is 2. The second-order valence-electron chi connectivity index (χ2n) is 24.6. The number of hydrogen-bond donors (Lipinski definition) is 0. The van der Waals surface area contributed by atoms with Crippen molar-refractivity contribution in [3.8, 4) is 55.6 Å². The van der Waals surface area contributed by atoms with Gasteiger partial charge >= 0.3 is 0 Å². The summed E-state index contributed by atoms with van der Waals surface area (Å²) in [5.41, 5.74) is 21.2. The molecule has 4 nitrogen and oxygen atoms in total. The summed E-state index contributed by atoms with van der Waals surface area (Å²) in [5, 5.41) is 14.5. The van der Waals surface area contributed by atoms with Gasteiger partial charge < -0.3 is 18.6 Å². The molecule has 17 aromatic rings. The molecule has 0 unspecified atom stereocenters. The van der Waals surface area contributed by atoms with Gasteiger partial charge in [-0.25, -0.2) is 0 Å². The molecule has 0 saturated heterocycles. The molecule has 0 saturated carbocycles. The summed E-state index contributed by atoms with van der Waals surface area (Å²) in [6, 6.07) is 115. The lowest BCUT2D eigenvalue weighted by molar-refractivity contribution is 0.670. The second kappa shape index (κ2) is 20.8. The number of benzene rings is 15. The molecule has 1 aliphatic rings. The first kappa shape index (κ1) is 52.6. The molecule has 15 aromatic carbocycles. The van der Waals surface area contributed by atoms with Gasteiger partial charge in [0.25, 0.3) is 0 Å². The molecule has 0 aliphatic carbocycles. The van der Waals surface area contributed by atoms with Crippen LogP contribution < -0.4 is 20.2 Å². The van der Waals surface area contributed by atoms with Crippen LogP contribution in [0.2, 0.25) is 13.1 Å². The zero-order valence-electron chi connectivity index (χ0n) is 50.2. The van der Waals surface area contributed by atoms with Gasteiger partial charge in [-0.1, -0.05) is 280 Å². The minimum absolute atomic E-state index is 0.835. The lowest BCUT2D eigenvalue weighted by atomic mass is 9.89. The smallest absolute Gasteiger partial charge is 0.159 e. The Kier molecular flexibility index (Phi) is 12.0. The maximum Gasteiger partial charge on any atom is 0.159 e. The quantitative estimate of drug-likeness (QED) is 0.101. The van der Waals surface area contributed by atoms with Crippen molar-refractivity contribution in [3.05, 3.63) is 315 Å². The highest BCUT2D eigenvalue weighted by Crippen LogP contribution is 2.53. The van der Waals surface area contributed by atoms with E-state index >= 15 is 0 Å². The van der Waals surface area contributed by atoms with E-state index in [-0.39, 0.29) is 0 Å². The third-order valence-electron chi connectivity index (χ3n) is 19.2. The lowest BCUT2D eigenvalue weighted by Crippen LogP contribution is -2.56. The Morgan fingerprint density at radius 3 is 1.19 bits per heavy atom. The van der Waals surface area contributed by atoms with Crippen LogP contribution in [0, 0.1) is 0 Å². The van der Waals surface area contributed by atoms with Crippen LogP contribution in [0.4, 0.5) is 34.1 Å². The van der Waals surface area contributed by atoms with Crippen molar-refractivity contribution in [2.24, 2.45) is 0 Å². The molecular formula is C86H58N2O2Si. The largest absolute Gasteiger partial charge is 0.453 e. The Morgan fingerprint density at radius 2 is 0.626 bits per heavy atom. The summed E-state index contributed by atoms with van der Waals surface area (Å²) in [4.78, 5) is 4.94. The summed E-state index contributed by atoms with van der Waals surface area (Å²) in [6.45, 7) is 5.10. The standard InChI is InChI=1S/C86H58N2O2Si/c1-91(2)80-49-25-40-67-73-54-79(88(76-46-20-18-35-61(76)56-28-9-4-10-29-56)78-48-24-44-71-69-42-22-39-63(84(69)90-86(71)78)58-32-13-6-14-33-58)65-37-16-15-36-64(65)72(73)53-74(82(67)80)66-51-50-59(52-81(66)91)87(75-45-19-17-34-60(75)55-26-7-3-8-27-55)77-47-23-43-70-68-41-21-38-62(83(68)89-85(70)77)57-30-11-5-12-31-57/h3-54H,1-2H3. The first-order valence-electron chi connectivity index (χ1n) is 31.4. The van der Waals surface area contributed by atoms with Crippen molar-refractivity contribution in [3.63, 3.8) is 0 Å². The minimum Gasteiger partial charge on any atom is -0.453 e. The van der Waals surface area contributed by atoms with E-state index in [1.807, 2.05) is 0 Å². The van der Waals surface area contributed by atoms with Gasteiger partial charge in [0.15, 0.2) is 11.2 Å². The fourth-order valence-corrected chi connectivity index (χ4v) is 18.1. The summed E-state index contributed by atoms with van der Waals surface area (Å²) >= 11 is 0. The predicted octanol–water partition coefficient (Wildman–Crippen LogP) is 23.4. The van der Waals surface area contributed by atoms with Crippen LogP contribution in [0.1, 0.15) is 0 Å². The molecule has 5 heteroatoms. The lowest BCUT2D eigenvalue weighted by Gasteiger charge is -2.36. The van der Waals surface area contributed by atoms with E-state index in [0.717, 1.165) is 128 Å². The fourth-order valence-electron chi connectivity index (χ4n) is 15.0. The Morgan fingerprint density at radius 1 is 0.231 bits per heavy atom. The molecule has 0 N–H and O–H groups in total. The first-order chi connectivity index (χ1) is 44.9. The summed E-state index contributed by atoms with van der Waals surface area (Å²) < 4.78 is 14.6. The van der Waals surface area contributed by atoms with Gasteiger partial charge in [-0.05, 0) is 119 Å². The molecule has 0 fully saturated rings. The van der Waals surface area contributed by atoms with Crippen LogP contribution in [-0.4, -0.2) is 8.07 Å². The van der Waals surface area contributed by atoms with Crippen molar-refractivity contribution in [1.29, 1.82) is 0 Å². The van der Waals surface area contributed by atoms with Crippen molar-refractivity contribution < 1.29 is 8.83 Å². The van der Waals surface area contributed by atoms with Gasteiger partial charge in [-0.15, -0.1) is 0 Å². The molecular weight excluding hydrogens is 1120 g/mol. The number of rotatable bonds is 10. The van der Waals surface area contributed by atoms with E-state index in [0.29, 0.717) is 0 Å². The third kappa shape index (κ3) is 8.21. The number of para-hydroxylation sites is 6. The van der Waals surface area contributed by atoms with E-state index in [1.54, 1.807) is 0 Å². The third-order valence-corrected chi connectivity index (χ3v) is 22.8. The second-order valence-corrected chi connectivity index (χ2v) is 28.9. The zero-order valence-corrected chi connectivity index (χ0v) is 51.2. The minimum atomic E-state index is -2.52. The van der Waals surface area contributed by atoms with Crippen molar-refractivity contribution in [1.82, 2.24) is 0 Å². The molecule has 1 aliphatic heterocycles. The maximum atomic E-state index is 7.32. The Labute approximate surface area is 528 Å². The number of hydrogen-bond acceptors (Lipinski definition) is 4. The zero-order chi connectivity index (χ0) is 60.3. The summed E-state index contributed by atoms with van der Waals surface area (Å²) in [6.07, 6.45) is 0. The number of fused-ring (bicyclic) bond motifs is 12. The van der Waals surface area contributed by atoms with Crippen LogP contribution >= 0.6 is 0 Å². The van der Waals surface area contributed by atoms with Gasteiger partial charge in [0.05, 0.1) is 28.4 Å². The van der Waals surface area contributed by atoms with Crippen LogP contribution in [0.5, 0.6) is 0 Å².